The van der Waals surface area contributed by atoms with Crippen LogP contribution >= 0.6 is 11.3 Å². The average Bonchev–Trinajstić information content (AvgIpc) is 3.47. The lowest BCUT2D eigenvalue weighted by Gasteiger charge is -2.13. The predicted molar refractivity (Wildman–Crippen MR) is 120 cm³/mol. The summed E-state index contributed by atoms with van der Waals surface area (Å²) in [7, 11) is 0. The van der Waals surface area contributed by atoms with Crippen molar-refractivity contribution in [2.75, 3.05) is 10.6 Å². The lowest BCUT2D eigenvalue weighted by atomic mass is 10.0. The van der Waals surface area contributed by atoms with Gasteiger partial charge in [0.1, 0.15) is 17.8 Å². The van der Waals surface area contributed by atoms with E-state index < -0.39 is 30.0 Å². The molecule has 166 valence electrons. The molecule has 4 rings (SSSR count). The van der Waals surface area contributed by atoms with E-state index in [1.165, 1.54) is 29.5 Å². The molecule has 3 N–H and O–H groups in total. The van der Waals surface area contributed by atoms with Gasteiger partial charge >= 0.3 is 6.09 Å². The van der Waals surface area contributed by atoms with Crippen LogP contribution in [0.15, 0.2) is 66.6 Å². The van der Waals surface area contributed by atoms with Crippen LogP contribution in [0.25, 0.3) is 16.3 Å². The first-order valence-electron chi connectivity index (χ1n) is 9.56. The van der Waals surface area contributed by atoms with E-state index in [0.29, 0.717) is 16.3 Å². The van der Waals surface area contributed by atoms with E-state index >= 15 is 0 Å². The number of amides is 2. The van der Waals surface area contributed by atoms with Gasteiger partial charge in [-0.2, -0.15) is 0 Å². The average molecular weight is 465 g/mol. The molecule has 0 bridgehead atoms. The monoisotopic (exact) mass is 465 g/mol. The molecule has 11 heteroatoms. The van der Waals surface area contributed by atoms with E-state index in [2.05, 4.69) is 20.6 Å². The number of carboxylic acid groups (broad SMARTS) is 1. The smallest absolute Gasteiger partial charge is 0.409 e. The van der Waals surface area contributed by atoms with Gasteiger partial charge in [0.2, 0.25) is 5.91 Å². The van der Waals surface area contributed by atoms with Crippen molar-refractivity contribution in [2.45, 2.75) is 6.42 Å². The first kappa shape index (κ1) is 21.8. The quantitative estimate of drug-likeness (QED) is 0.274. The second-order valence-corrected chi connectivity index (χ2v) is 7.67. The molecule has 2 amide bonds. The Bertz CT molecular complexity index is 1320. The number of rotatable bonds is 7. The first-order chi connectivity index (χ1) is 15.9. The predicted octanol–water partition coefficient (Wildman–Crippen LogP) is 4.44. The highest BCUT2D eigenvalue weighted by Crippen LogP contribution is 2.29. The van der Waals surface area contributed by atoms with Crippen LogP contribution in [0, 0.1) is 5.82 Å². The minimum absolute atomic E-state index is 0.130. The molecule has 0 aliphatic carbocycles. The number of carbonyl (C=O) groups is 3. The Hall–Kier alpha value is -4.38. The van der Waals surface area contributed by atoms with Gasteiger partial charge in [0.05, 0.1) is 17.8 Å². The number of benzene rings is 2. The molecule has 0 aliphatic heterocycles. The lowest BCUT2D eigenvalue weighted by Crippen LogP contribution is -2.18. The number of hydrogen-bond donors (Lipinski definition) is 3. The van der Waals surface area contributed by atoms with Gasteiger partial charge in [-0.15, -0.1) is 11.3 Å². The van der Waals surface area contributed by atoms with Crippen LogP contribution in [-0.4, -0.2) is 37.4 Å². The van der Waals surface area contributed by atoms with Gasteiger partial charge in [0.25, 0.3) is 0 Å². The number of carbonyl (C=O) groups excluding carboxylic acids is 2. The highest BCUT2D eigenvalue weighted by atomic mass is 32.1. The second-order valence-electron chi connectivity index (χ2n) is 6.83. The third-order valence-corrected chi connectivity index (χ3v) is 5.39. The molecule has 0 atom stereocenters. The molecule has 0 unspecified atom stereocenters. The molecule has 4 aromatic rings. The molecule has 9 nitrogen and oxygen atoms in total. The Morgan fingerprint density at radius 2 is 1.79 bits per heavy atom. The summed E-state index contributed by atoms with van der Waals surface area (Å²) in [5.41, 5.74) is 1.72. The van der Waals surface area contributed by atoms with E-state index in [4.69, 9.17) is 5.11 Å². The number of thiazole rings is 1. The molecule has 0 saturated heterocycles. The standard InChI is InChI=1S/C22H16FN5O4S/c23-15-4-1-13(2-5-15)14-3-6-16(27-22(31)32)17(9-14)25-20(30)10-19(29)18-11-33-21(26-18)28-8-7-24-12-28/h1-9,11-12,27H,10H2,(H,25,30)(H,31,32). The Morgan fingerprint density at radius 1 is 1.03 bits per heavy atom. The van der Waals surface area contributed by atoms with Crippen molar-refractivity contribution in [2.24, 2.45) is 0 Å². The van der Waals surface area contributed by atoms with E-state index in [0.717, 1.165) is 0 Å². The second kappa shape index (κ2) is 9.40. The van der Waals surface area contributed by atoms with E-state index in [9.17, 15) is 18.8 Å². The molecular formula is C22H16FN5O4S. The van der Waals surface area contributed by atoms with E-state index in [1.807, 2.05) is 0 Å². The lowest BCUT2D eigenvalue weighted by molar-refractivity contribution is -0.115. The fourth-order valence-corrected chi connectivity index (χ4v) is 3.79. The topological polar surface area (TPSA) is 126 Å². The number of halogens is 1. The van der Waals surface area contributed by atoms with Crippen LogP contribution in [0.2, 0.25) is 0 Å². The fourth-order valence-electron chi connectivity index (χ4n) is 3.01. The molecule has 0 aliphatic rings. The zero-order valence-corrected chi connectivity index (χ0v) is 17.7. The van der Waals surface area contributed by atoms with Crippen LogP contribution in [0.1, 0.15) is 16.9 Å². The Labute approximate surface area is 190 Å². The number of hydrogen-bond acceptors (Lipinski definition) is 6. The van der Waals surface area contributed by atoms with Crippen molar-refractivity contribution < 1.29 is 23.9 Å². The van der Waals surface area contributed by atoms with Crippen LogP contribution in [0.4, 0.5) is 20.6 Å². The molecule has 0 fully saturated rings. The van der Waals surface area contributed by atoms with Gasteiger partial charge in [-0.3, -0.25) is 19.5 Å². The highest BCUT2D eigenvalue weighted by Gasteiger charge is 2.18. The maximum atomic E-state index is 13.2. The summed E-state index contributed by atoms with van der Waals surface area (Å²) in [5, 5.41) is 16.0. The number of nitrogens with one attached hydrogen (secondary N) is 2. The minimum Gasteiger partial charge on any atom is -0.465 e. The maximum absolute atomic E-state index is 13.2. The highest BCUT2D eigenvalue weighted by molar-refractivity contribution is 7.12. The molecule has 0 spiro atoms. The van der Waals surface area contributed by atoms with Gasteiger partial charge in [-0.1, -0.05) is 18.2 Å². The number of nitrogens with zero attached hydrogens (tertiary/aromatic N) is 3. The summed E-state index contributed by atoms with van der Waals surface area (Å²) in [5.74, 6) is -1.52. The summed E-state index contributed by atoms with van der Waals surface area (Å²) < 4.78 is 14.9. The number of ketones is 1. The van der Waals surface area contributed by atoms with Gasteiger partial charge in [-0.05, 0) is 35.4 Å². The van der Waals surface area contributed by atoms with Crippen LogP contribution in [0.5, 0.6) is 0 Å². The van der Waals surface area contributed by atoms with Crippen molar-refractivity contribution in [1.29, 1.82) is 0 Å². The number of imidazole rings is 1. The number of aromatic nitrogens is 3. The third-order valence-electron chi connectivity index (χ3n) is 4.54. The maximum Gasteiger partial charge on any atom is 0.409 e. The molecule has 0 radical (unpaired) electrons. The molecule has 2 aromatic heterocycles. The largest absolute Gasteiger partial charge is 0.465 e. The summed E-state index contributed by atoms with van der Waals surface area (Å²) in [4.78, 5) is 44.4. The zero-order chi connectivity index (χ0) is 23.4. The van der Waals surface area contributed by atoms with Crippen LogP contribution in [0.3, 0.4) is 0 Å². The van der Waals surface area contributed by atoms with Crippen molar-refractivity contribution in [3.05, 3.63) is 78.1 Å². The van der Waals surface area contributed by atoms with Crippen molar-refractivity contribution in [3.63, 3.8) is 0 Å². The van der Waals surface area contributed by atoms with Gasteiger partial charge < -0.3 is 10.4 Å². The van der Waals surface area contributed by atoms with Gasteiger partial charge in [0.15, 0.2) is 10.9 Å². The Kier molecular flexibility index (Phi) is 6.22. The molecule has 33 heavy (non-hydrogen) atoms. The summed E-state index contributed by atoms with van der Waals surface area (Å²) in [6.07, 6.45) is 3.01. The fraction of sp³-hybridized carbons (Fsp3) is 0.0455. The number of Topliss-reactive ketones (excluding diaryl/α,β-unsaturated/α-hetero) is 1. The first-order valence-corrected chi connectivity index (χ1v) is 10.4. The third kappa shape index (κ3) is 5.28. The number of anilines is 2. The molecule has 2 aromatic carbocycles. The summed E-state index contributed by atoms with van der Waals surface area (Å²) in [6, 6.07) is 10.4. The van der Waals surface area contributed by atoms with E-state index in [-0.39, 0.29) is 17.1 Å². The zero-order valence-electron chi connectivity index (χ0n) is 16.9. The van der Waals surface area contributed by atoms with Crippen molar-refractivity contribution >= 4 is 40.5 Å². The van der Waals surface area contributed by atoms with Crippen molar-refractivity contribution in [1.82, 2.24) is 14.5 Å². The van der Waals surface area contributed by atoms with Gasteiger partial charge in [0, 0.05) is 17.8 Å². The SMILES string of the molecule is O=C(O)Nc1ccc(-c2ccc(F)cc2)cc1NC(=O)CC(=O)c1csc(-n2ccnc2)n1. The van der Waals surface area contributed by atoms with E-state index in [1.54, 1.807) is 52.9 Å². The molecule has 0 saturated carbocycles. The minimum atomic E-state index is -1.31. The van der Waals surface area contributed by atoms with Crippen molar-refractivity contribution in [3.8, 4) is 16.3 Å². The Balaban J connectivity index is 1.51. The molecule has 2 heterocycles. The normalized spacial score (nSPS) is 10.6. The Morgan fingerprint density at radius 3 is 2.48 bits per heavy atom. The molecular weight excluding hydrogens is 449 g/mol. The van der Waals surface area contributed by atoms with Crippen LogP contribution < -0.4 is 10.6 Å². The summed E-state index contributed by atoms with van der Waals surface area (Å²) in [6.45, 7) is 0. The van der Waals surface area contributed by atoms with Gasteiger partial charge in [-0.25, -0.2) is 19.2 Å². The summed E-state index contributed by atoms with van der Waals surface area (Å²) >= 11 is 1.23. The van der Waals surface area contributed by atoms with Crippen LogP contribution in [-0.2, 0) is 4.79 Å².